The van der Waals surface area contributed by atoms with Crippen LogP contribution in [0.15, 0.2) is 0 Å². The Balaban J connectivity index is -0.0000000150. The second-order valence-corrected chi connectivity index (χ2v) is 0.605. The van der Waals surface area contributed by atoms with Gasteiger partial charge in [0, 0.05) is 0 Å². The summed E-state index contributed by atoms with van der Waals surface area (Å²) in [5.74, 6) is 0. The molecule has 0 atom stereocenters. The van der Waals surface area contributed by atoms with Gasteiger partial charge in [0.2, 0.25) is 0 Å². The fourth-order valence-electron chi connectivity index (χ4n) is 0. The average molecular weight is 102 g/mol. The zero-order valence-corrected chi connectivity index (χ0v) is 5.12. The first-order valence-corrected chi connectivity index (χ1v) is 1.60. The summed E-state index contributed by atoms with van der Waals surface area (Å²) in [5.41, 5.74) is 0. The van der Waals surface area contributed by atoms with E-state index in [1.54, 1.807) is 0 Å². The molecule has 3 nitrogen and oxygen atoms in total. The van der Waals surface area contributed by atoms with E-state index in [2.05, 4.69) is 3.94 Å². The fourth-order valence-corrected chi connectivity index (χ4v) is 0. The zero-order valence-electron chi connectivity index (χ0n) is 4.55. The summed E-state index contributed by atoms with van der Waals surface area (Å²) in [4.78, 5) is 0. The van der Waals surface area contributed by atoms with Gasteiger partial charge in [-0.3, -0.25) is 0 Å². The van der Waals surface area contributed by atoms with Gasteiger partial charge in [0.15, 0.2) is 0 Å². The van der Waals surface area contributed by atoms with Gasteiger partial charge in [-0.15, -0.1) is 0 Å². The summed E-state index contributed by atoms with van der Waals surface area (Å²) in [6, 6.07) is 0. The molecule has 0 aromatic heterocycles. The Morgan fingerprint density at radius 3 is 2.20 bits per heavy atom. The van der Waals surface area contributed by atoms with Crippen LogP contribution in [0.25, 0.3) is 0 Å². The Bertz CT molecular complexity index is 26.9. The van der Waals surface area contributed by atoms with E-state index in [4.69, 9.17) is 9.06 Å². The van der Waals surface area contributed by atoms with Gasteiger partial charge in [-0.05, 0) is 0 Å². The van der Waals surface area contributed by atoms with Crippen LogP contribution < -0.4 is 0 Å². The van der Waals surface area contributed by atoms with Crippen LogP contribution in [0.1, 0.15) is 2.85 Å². The maximum atomic E-state index is 8.91. The third-order valence-corrected chi connectivity index (χ3v) is 0.129. The minimum atomic E-state index is -1.41. The van der Waals surface area contributed by atoms with Crippen LogP contribution in [0, 0.1) is 0 Å². The van der Waals surface area contributed by atoms with Crippen molar-refractivity contribution in [3.63, 3.8) is 0 Å². The van der Waals surface area contributed by atoms with E-state index < -0.39 is 15.5 Å². The van der Waals surface area contributed by atoms with Gasteiger partial charge < -0.3 is 2.85 Å². The summed E-state index contributed by atoms with van der Waals surface area (Å²) in [6.07, 6.45) is 0. The molecule has 0 aliphatic carbocycles. The summed E-state index contributed by atoms with van der Waals surface area (Å²) in [5, 5.41) is 7.10. The van der Waals surface area contributed by atoms with E-state index in [9.17, 15) is 0 Å². The molecular formula is H3AlMgO3. The summed E-state index contributed by atoms with van der Waals surface area (Å²) in [7, 11) is 0. The predicted molar refractivity (Wildman–Crippen MR) is 18.1 cm³/mol. The van der Waals surface area contributed by atoms with Crippen LogP contribution in [0.2, 0.25) is 0 Å². The van der Waals surface area contributed by atoms with Gasteiger partial charge >= 0.3 is 51.5 Å². The van der Waals surface area contributed by atoms with Crippen LogP contribution >= 0.6 is 0 Å². The van der Waals surface area contributed by atoms with Gasteiger partial charge in [0.05, 0.1) is 0 Å². The van der Waals surface area contributed by atoms with E-state index >= 15 is 0 Å². The van der Waals surface area contributed by atoms with Crippen LogP contribution in [0.5, 0.6) is 0 Å². The molecule has 0 bridgehead atoms. The van der Waals surface area contributed by atoms with Crippen molar-refractivity contribution in [1.82, 2.24) is 0 Å². The van der Waals surface area contributed by atoms with Gasteiger partial charge in [-0.2, -0.15) is 0 Å². The summed E-state index contributed by atoms with van der Waals surface area (Å²) in [6.45, 7) is 0. The van der Waals surface area contributed by atoms with Crippen molar-refractivity contribution in [3.05, 3.63) is 0 Å². The first kappa shape index (κ1) is 9.29. The molecular weight excluding hydrogens is 99.3 g/mol. The molecule has 5 heteroatoms. The van der Waals surface area contributed by atoms with E-state index in [1.165, 1.54) is 0 Å². The van der Waals surface area contributed by atoms with E-state index in [1.807, 2.05) is 0 Å². The quantitative estimate of drug-likeness (QED) is 0.270. The minimum absolute atomic E-state index is 0. The van der Waals surface area contributed by atoms with Crippen molar-refractivity contribution < 1.29 is 15.9 Å². The molecule has 5 heavy (non-hydrogen) atoms. The van der Waals surface area contributed by atoms with Crippen molar-refractivity contribution in [2.45, 2.75) is 0 Å². The summed E-state index contributed by atoms with van der Waals surface area (Å²) >= 11 is -1.41. The molecule has 0 saturated carbocycles. The molecule has 0 unspecified atom stereocenters. The second-order valence-electron chi connectivity index (χ2n) is 0.202. The molecule has 0 aliphatic rings. The Hall–Kier alpha value is 0.859. The zero-order chi connectivity index (χ0) is 3.41. The van der Waals surface area contributed by atoms with Crippen molar-refractivity contribution >= 4 is 38.5 Å². The average Bonchev–Trinajstić information content (AvgIpc) is 1.37. The molecule has 0 aromatic rings. The molecule has 0 radical (unpaired) electrons. The Labute approximate surface area is 54.6 Å². The third kappa shape index (κ3) is 11.5. The molecule has 1 N–H and O–H groups in total. The van der Waals surface area contributed by atoms with E-state index in [0.29, 0.717) is 0 Å². The van der Waals surface area contributed by atoms with Crippen LogP contribution in [-0.2, 0) is 7.74 Å². The number of hydrogen-bond acceptors (Lipinski definition) is 3. The molecule has 0 fully saturated rings. The molecule has 0 heterocycles. The molecule has 0 aromatic carbocycles. The summed E-state index contributed by atoms with van der Waals surface area (Å²) < 4.78 is 12.0. The second kappa shape index (κ2) is 8.85. The molecule has 0 aliphatic heterocycles. The SMILES string of the molecule is [H-].[H-].[Mg+2].[O]=[Al][O]O. The van der Waals surface area contributed by atoms with Crippen molar-refractivity contribution in [2.24, 2.45) is 0 Å². The molecule has 0 spiro atoms. The van der Waals surface area contributed by atoms with Crippen molar-refractivity contribution in [2.75, 3.05) is 0 Å². The van der Waals surface area contributed by atoms with Gasteiger partial charge in [0.25, 0.3) is 0 Å². The molecule has 0 rings (SSSR count). The standard InChI is InChI=1S/Al.Mg.H2O2.O.2H/c;;1-2;;;/h;;1-2H;;;/q+1;+2;;;2*-1/p-1. The van der Waals surface area contributed by atoms with Crippen LogP contribution in [-0.4, -0.2) is 43.8 Å². The molecule has 0 amide bonds. The van der Waals surface area contributed by atoms with Crippen molar-refractivity contribution in [3.8, 4) is 0 Å². The van der Waals surface area contributed by atoms with E-state index in [-0.39, 0.29) is 25.9 Å². The Morgan fingerprint density at radius 1 is 2.00 bits per heavy atom. The van der Waals surface area contributed by atoms with Crippen LogP contribution in [0.3, 0.4) is 0 Å². The van der Waals surface area contributed by atoms with Crippen molar-refractivity contribution in [1.29, 1.82) is 0 Å². The normalized spacial score (nSPS) is 3.40. The number of hydrogen-bond donors (Lipinski definition) is 1. The Morgan fingerprint density at radius 2 is 2.20 bits per heavy atom. The fraction of sp³-hybridized carbons (Fsp3) is 0. The maximum absolute atomic E-state index is 8.91. The molecule has 0 saturated heterocycles. The predicted octanol–water partition coefficient (Wildman–Crippen LogP) is -0.715. The first-order chi connectivity index (χ1) is 1.91. The molecule has 26 valence electrons. The van der Waals surface area contributed by atoms with Gasteiger partial charge in [-0.25, -0.2) is 0 Å². The topological polar surface area (TPSA) is 46.5 Å². The van der Waals surface area contributed by atoms with Gasteiger partial charge in [0.1, 0.15) is 0 Å². The van der Waals surface area contributed by atoms with E-state index in [0.717, 1.165) is 0 Å². The third-order valence-electron chi connectivity index (χ3n) is 0.0430. The monoisotopic (exact) mass is 102 g/mol. The first-order valence-electron chi connectivity index (χ1n) is 0.654. The number of rotatable bonds is 1. The van der Waals surface area contributed by atoms with Gasteiger partial charge in [-0.1, -0.05) is 0 Å². The Kier molecular flexibility index (Phi) is 16.4. The van der Waals surface area contributed by atoms with Crippen LogP contribution in [0.4, 0.5) is 0 Å².